The van der Waals surface area contributed by atoms with Gasteiger partial charge in [0, 0.05) is 31.7 Å². The zero-order valence-corrected chi connectivity index (χ0v) is 18.7. The van der Waals surface area contributed by atoms with Crippen LogP contribution in [0.25, 0.3) is 10.2 Å². The quantitative estimate of drug-likeness (QED) is 0.583. The molecule has 0 saturated carbocycles. The number of morpholine rings is 1. The fourth-order valence-corrected chi connectivity index (χ4v) is 4.76. The number of anilines is 1. The minimum atomic E-state index is -0.0843. The third kappa shape index (κ3) is 4.93. The molecule has 1 fully saturated rings. The van der Waals surface area contributed by atoms with Gasteiger partial charge in [0.1, 0.15) is 0 Å². The van der Waals surface area contributed by atoms with Crippen molar-refractivity contribution in [1.82, 2.24) is 9.88 Å². The fraction of sp³-hybridized carbons (Fsp3) is 0.375. The Morgan fingerprint density at radius 2 is 1.90 bits per heavy atom. The third-order valence-corrected chi connectivity index (χ3v) is 6.73. The van der Waals surface area contributed by atoms with Crippen LogP contribution in [0.3, 0.4) is 0 Å². The maximum absolute atomic E-state index is 13.4. The van der Waals surface area contributed by atoms with Gasteiger partial charge in [0.05, 0.1) is 35.1 Å². The summed E-state index contributed by atoms with van der Waals surface area (Å²) in [7, 11) is 0. The van der Waals surface area contributed by atoms with Gasteiger partial charge in [0.15, 0.2) is 5.13 Å². The second-order valence-electron chi connectivity index (χ2n) is 7.85. The number of thiazole rings is 1. The van der Waals surface area contributed by atoms with Crippen molar-refractivity contribution in [1.29, 1.82) is 5.26 Å². The molecule has 6 nitrogen and oxygen atoms in total. The van der Waals surface area contributed by atoms with Crippen molar-refractivity contribution >= 4 is 32.6 Å². The molecule has 1 saturated heterocycles. The molecule has 1 amide bonds. The van der Waals surface area contributed by atoms with Crippen LogP contribution in [0.15, 0.2) is 36.4 Å². The van der Waals surface area contributed by atoms with Gasteiger partial charge >= 0.3 is 0 Å². The van der Waals surface area contributed by atoms with E-state index in [0.29, 0.717) is 17.7 Å². The highest BCUT2D eigenvalue weighted by atomic mass is 32.1. The Hall–Kier alpha value is -2.79. The molecule has 1 aliphatic heterocycles. The van der Waals surface area contributed by atoms with Crippen LogP contribution in [0.5, 0.6) is 0 Å². The van der Waals surface area contributed by atoms with Crippen LogP contribution >= 0.6 is 11.3 Å². The van der Waals surface area contributed by atoms with Gasteiger partial charge in [-0.3, -0.25) is 14.6 Å². The molecule has 0 N–H and O–H groups in total. The first-order valence-corrected chi connectivity index (χ1v) is 11.4. The lowest BCUT2D eigenvalue weighted by Gasteiger charge is -2.27. The maximum atomic E-state index is 13.4. The van der Waals surface area contributed by atoms with Crippen LogP contribution in [0.2, 0.25) is 0 Å². The zero-order chi connectivity index (χ0) is 21.8. The summed E-state index contributed by atoms with van der Waals surface area (Å²) in [4.78, 5) is 22.4. The summed E-state index contributed by atoms with van der Waals surface area (Å²) in [5.41, 5.74) is 4.45. The number of hydrogen-bond acceptors (Lipinski definition) is 6. The van der Waals surface area contributed by atoms with Crippen molar-refractivity contribution < 1.29 is 9.53 Å². The van der Waals surface area contributed by atoms with Gasteiger partial charge in [-0.05, 0) is 67.8 Å². The number of amides is 1. The smallest absolute Gasteiger partial charge is 0.260 e. The Labute approximate surface area is 186 Å². The SMILES string of the molecule is Cc1cc2nc(N(CCCN3CCOCC3)C(=O)c3ccc(C#N)cc3)sc2cc1C. The molecule has 2 heterocycles. The van der Waals surface area contributed by atoms with Gasteiger partial charge in [0.25, 0.3) is 5.91 Å². The number of aromatic nitrogens is 1. The van der Waals surface area contributed by atoms with E-state index in [4.69, 9.17) is 15.0 Å². The summed E-state index contributed by atoms with van der Waals surface area (Å²) in [6.45, 7) is 9.09. The normalized spacial score (nSPS) is 14.5. The van der Waals surface area contributed by atoms with E-state index in [1.807, 2.05) is 0 Å². The second-order valence-corrected chi connectivity index (χ2v) is 8.86. The van der Waals surface area contributed by atoms with Crippen LogP contribution in [0.1, 0.15) is 33.5 Å². The molecule has 0 bridgehead atoms. The van der Waals surface area contributed by atoms with Gasteiger partial charge in [-0.1, -0.05) is 11.3 Å². The monoisotopic (exact) mass is 434 g/mol. The molecule has 160 valence electrons. The number of nitriles is 1. The molecule has 1 aromatic heterocycles. The van der Waals surface area contributed by atoms with Crippen LogP contribution < -0.4 is 4.90 Å². The van der Waals surface area contributed by atoms with E-state index in [1.54, 1.807) is 40.5 Å². The average molecular weight is 435 g/mol. The molecular formula is C24H26N4O2S. The van der Waals surface area contributed by atoms with Crippen molar-refractivity contribution in [2.45, 2.75) is 20.3 Å². The van der Waals surface area contributed by atoms with Gasteiger partial charge in [0.2, 0.25) is 0 Å². The summed E-state index contributed by atoms with van der Waals surface area (Å²) in [5.74, 6) is -0.0843. The standard InChI is InChI=1S/C24H26N4O2S/c1-17-14-21-22(15-18(17)2)31-24(26-21)28(9-3-8-27-10-12-30-13-11-27)23(29)20-6-4-19(16-25)5-7-20/h4-7,14-15H,3,8-13H2,1-2H3. The number of nitrogens with zero attached hydrogens (tertiary/aromatic N) is 4. The fourth-order valence-electron chi connectivity index (χ4n) is 3.69. The van der Waals surface area contributed by atoms with Gasteiger partial charge in [-0.2, -0.15) is 5.26 Å². The molecule has 3 aromatic rings. The lowest BCUT2D eigenvalue weighted by Crippen LogP contribution is -2.39. The van der Waals surface area contributed by atoms with Crippen LogP contribution in [-0.2, 0) is 4.74 Å². The van der Waals surface area contributed by atoms with Crippen molar-refractivity contribution in [3.8, 4) is 6.07 Å². The van der Waals surface area contributed by atoms with Gasteiger partial charge in [-0.15, -0.1) is 0 Å². The first-order chi connectivity index (χ1) is 15.0. The van der Waals surface area contributed by atoms with Crippen molar-refractivity contribution in [3.63, 3.8) is 0 Å². The highest BCUT2D eigenvalue weighted by Crippen LogP contribution is 2.31. The molecule has 0 unspecified atom stereocenters. The Morgan fingerprint density at radius 3 is 2.61 bits per heavy atom. The summed E-state index contributed by atoms with van der Waals surface area (Å²) < 4.78 is 6.51. The van der Waals surface area contributed by atoms with E-state index < -0.39 is 0 Å². The molecule has 7 heteroatoms. The van der Waals surface area contributed by atoms with Crippen LogP contribution in [0, 0.1) is 25.2 Å². The van der Waals surface area contributed by atoms with E-state index in [-0.39, 0.29) is 5.91 Å². The van der Waals surface area contributed by atoms with E-state index in [0.717, 1.165) is 54.6 Å². The topological polar surface area (TPSA) is 69.5 Å². The summed E-state index contributed by atoms with van der Waals surface area (Å²) in [5, 5.41) is 9.77. The third-order valence-electron chi connectivity index (χ3n) is 5.69. The Kier molecular flexibility index (Phi) is 6.62. The van der Waals surface area contributed by atoms with Gasteiger partial charge in [-0.25, -0.2) is 4.98 Å². The second kappa shape index (κ2) is 9.56. The average Bonchev–Trinajstić information content (AvgIpc) is 3.19. The molecule has 4 rings (SSSR count). The predicted octanol–water partition coefficient (Wildman–Crippen LogP) is 4.15. The summed E-state index contributed by atoms with van der Waals surface area (Å²) in [6.07, 6.45) is 0.857. The number of aryl methyl sites for hydroxylation is 2. The molecule has 2 aromatic carbocycles. The Bertz CT molecular complexity index is 1070. The highest BCUT2D eigenvalue weighted by Gasteiger charge is 2.22. The summed E-state index contributed by atoms with van der Waals surface area (Å²) >= 11 is 1.55. The minimum Gasteiger partial charge on any atom is -0.379 e. The van der Waals surface area contributed by atoms with Crippen LogP contribution in [-0.4, -0.2) is 55.2 Å². The zero-order valence-electron chi connectivity index (χ0n) is 17.9. The Balaban J connectivity index is 1.59. The first kappa shape index (κ1) is 21.4. The predicted molar refractivity (Wildman–Crippen MR) is 124 cm³/mol. The maximum Gasteiger partial charge on any atom is 0.260 e. The van der Waals surface area contributed by atoms with Crippen molar-refractivity contribution in [2.24, 2.45) is 0 Å². The molecule has 0 spiro atoms. The molecule has 0 radical (unpaired) electrons. The molecule has 31 heavy (non-hydrogen) atoms. The minimum absolute atomic E-state index is 0.0843. The first-order valence-electron chi connectivity index (χ1n) is 10.5. The number of rotatable bonds is 6. The molecule has 0 atom stereocenters. The molecule has 1 aliphatic rings. The van der Waals surface area contributed by atoms with E-state index in [2.05, 4.69) is 36.9 Å². The largest absolute Gasteiger partial charge is 0.379 e. The van der Waals surface area contributed by atoms with Crippen LogP contribution in [0.4, 0.5) is 5.13 Å². The molecule has 0 aliphatic carbocycles. The van der Waals surface area contributed by atoms with E-state index in [9.17, 15) is 4.79 Å². The summed E-state index contributed by atoms with van der Waals surface area (Å²) in [6, 6.07) is 13.1. The lowest BCUT2D eigenvalue weighted by atomic mass is 10.1. The molecular weight excluding hydrogens is 408 g/mol. The number of carbonyl (C=O) groups is 1. The van der Waals surface area contributed by atoms with E-state index in [1.165, 1.54) is 11.1 Å². The van der Waals surface area contributed by atoms with E-state index >= 15 is 0 Å². The van der Waals surface area contributed by atoms with Crippen molar-refractivity contribution in [2.75, 3.05) is 44.3 Å². The van der Waals surface area contributed by atoms with Gasteiger partial charge < -0.3 is 4.74 Å². The highest BCUT2D eigenvalue weighted by molar-refractivity contribution is 7.22. The number of benzene rings is 2. The van der Waals surface area contributed by atoms with Crippen molar-refractivity contribution in [3.05, 3.63) is 58.7 Å². The number of ether oxygens (including phenoxy) is 1. The lowest BCUT2D eigenvalue weighted by molar-refractivity contribution is 0.0376. The number of carbonyl (C=O) groups excluding carboxylic acids is 1. The number of fused-ring (bicyclic) bond motifs is 1. The Morgan fingerprint density at radius 1 is 1.19 bits per heavy atom. The number of hydrogen-bond donors (Lipinski definition) is 0.